The highest BCUT2D eigenvalue weighted by atomic mass is 32.2. The van der Waals surface area contributed by atoms with Gasteiger partial charge in [0.1, 0.15) is 10.6 Å². The van der Waals surface area contributed by atoms with Gasteiger partial charge in [0.05, 0.1) is 5.69 Å². The van der Waals surface area contributed by atoms with E-state index in [9.17, 15) is 9.18 Å². The van der Waals surface area contributed by atoms with Gasteiger partial charge in [0.2, 0.25) is 5.91 Å². The molecule has 0 bridgehead atoms. The number of halogens is 1. The lowest BCUT2D eigenvalue weighted by atomic mass is 9.96. The number of rotatable bonds is 1. The Labute approximate surface area is 160 Å². The van der Waals surface area contributed by atoms with Gasteiger partial charge >= 0.3 is 0 Å². The number of nitrogens with one attached hydrogen (secondary N) is 2. The molecule has 0 radical (unpaired) electrons. The summed E-state index contributed by atoms with van der Waals surface area (Å²) in [6.45, 7) is 0. The number of hydrogen-bond acceptors (Lipinski definition) is 3. The van der Waals surface area contributed by atoms with Gasteiger partial charge in [-0.1, -0.05) is 54.2 Å². The van der Waals surface area contributed by atoms with Gasteiger partial charge in [0, 0.05) is 21.8 Å². The van der Waals surface area contributed by atoms with Gasteiger partial charge in [0.25, 0.3) is 0 Å². The molecule has 1 spiro atoms. The molecule has 2 N–H and O–H groups in total. The highest BCUT2D eigenvalue weighted by molar-refractivity contribution is 8.01. The van der Waals surface area contributed by atoms with E-state index in [1.165, 1.54) is 23.9 Å². The smallest absolute Gasteiger partial charge is 0.249 e. The summed E-state index contributed by atoms with van der Waals surface area (Å²) in [5.74, 6) is -0.367. The monoisotopic (exact) mass is 374 g/mol. The molecule has 2 aliphatic rings. The van der Waals surface area contributed by atoms with Crippen LogP contribution in [0, 0.1) is 5.82 Å². The van der Waals surface area contributed by atoms with Crippen LogP contribution < -0.4 is 10.6 Å². The van der Waals surface area contributed by atoms with Gasteiger partial charge in [-0.05, 0) is 42.0 Å². The molecule has 3 nitrogen and oxygen atoms in total. The fourth-order valence-electron chi connectivity index (χ4n) is 3.53. The van der Waals surface area contributed by atoms with Crippen LogP contribution in [0.2, 0.25) is 0 Å². The number of para-hydroxylation sites is 2. The number of anilines is 2. The Kier molecular flexibility index (Phi) is 3.58. The van der Waals surface area contributed by atoms with Crippen molar-refractivity contribution in [3.8, 4) is 0 Å². The highest BCUT2D eigenvalue weighted by Gasteiger charge is 2.47. The topological polar surface area (TPSA) is 41.1 Å². The molecular formula is C22H15FN2OS. The summed E-state index contributed by atoms with van der Waals surface area (Å²) in [5.41, 5.74) is 4.28. The Morgan fingerprint density at radius 2 is 1.52 bits per heavy atom. The molecule has 2 heterocycles. The third-order valence-electron chi connectivity index (χ3n) is 4.84. The van der Waals surface area contributed by atoms with Crippen molar-refractivity contribution >= 4 is 34.7 Å². The van der Waals surface area contributed by atoms with Crippen LogP contribution in [-0.2, 0) is 9.54 Å². The molecule has 5 heteroatoms. The molecular weight excluding hydrogens is 359 g/mol. The van der Waals surface area contributed by atoms with Crippen LogP contribution in [-0.4, -0.2) is 5.91 Å². The standard InChI is InChI=1S/C22H15FN2OS/c23-15-11-9-14(10-12-15)19-13-22(27-20-8-4-3-7-18(20)24-19)16-5-1-2-6-17(16)25-21(22)26/h1-13,24H,(H,25,26). The van der Waals surface area contributed by atoms with E-state index in [2.05, 4.69) is 10.6 Å². The Balaban J connectivity index is 1.76. The lowest BCUT2D eigenvalue weighted by molar-refractivity contribution is -0.116. The zero-order valence-electron chi connectivity index (χ0n) is 14.2. The predicted molar refractivity (Wildman–Crippen MR) is 107 cm³/mol. The molecule has 0 saturated carbocycles. The molecule has 27 heavy (non-hydrogen) atoms. The normalized spacial score (nSPS) is 20.2. The molecule has 0 aromatic heterocycles. The summed E-state index contributed by atoms with van der Waals surface area (Å²) in [4.78, 5) is 14.1. The van der Waals surface area contributed by atoms with Crippen LogP contribution in [0.1, 0.15) is 11.1 Å². The van der Waals surface area contributed by atoms with E-state index in [1.54, 1.807) is 12.1 Å². The molecule has 1 unspecified atom stereocenters. The maximum absolute atomic E-state index is 13.4. The van der Waals surface area contributed by atoms with E-state index < -0.39 is 4.75 Å². The number of carbonyl (C=O) groups excluding carboxylic acids is 1. The number of carbonyl (C=O) groups is 1. The number of amides is 1. The van der Waals surface area contributed by atoms with Crippen molar-refractivity contribution in [2.75, 3.05) is 10.6 Å². The van der Waals surface area contributed by atoms with Crippen LogP contribution in [0.4, 0.5) is 15.8 Å². The molecule has 0 fully saturated rings. The third kappa shape index (κ3) is 2.54. The van der Waals surface area contributed by atoms with E-state index in [-0.39, 0.29) is 11.7 Å². The van der Waals surface area contributed by atoms with E-state index in [1.807, 2.05) is 54.6 Å². The SMILES string of the molecule is O=C1Nc2ccccc2C12C=C(c1ccc(F)cc1)Nc1ccccc1S2. The fraction of sp³-hybridized carbons (Fsp3) is 0.0455. The number of fused-ring (bicyclic) bond motifs is 3. The van der Waals surface area contributed by atoms with E-state index in [0.717, 1.165) is 33.1 Å². The van der Waals surface area contributed by atoms with Crippen molar-refractivity contribution in [2.45, 2.75) is 9.64 Å². The average molecular weight is 374 g/mol. The number of thioether (sulfide) groups is 1. The maximum atomic E-state index is 13.4. The molecule has 3 aromatic rings. The van der Waals surface area contributed by atoms with Crippen molar-refractivity contribution in [1.82, 2.24) is 0 Å². The number of benzene rings is 3. The molecule has 5 rings (SSSR count). The summed E-state index contributed by atoms with van der Waals surface area (Å²) in [5, 5.41) is 6.44. The molecule has 1 amide bonds. The van der Waals surface area contributed by atoms with Crippen molar-refractivity contribution in [1.29, 1.82) is 0 Å². The quantitative estimate of drug-likeness (QED) is 0.613. The van der Waals surface area contributed by atoms with Gasteiger partial charge in [-0.25, -0.2) is 4.39 Å². The van der Waals surface area contributed by atoms with Crippen LogP contribution in [0.25, 0.3) is 5.70 Å². The van der Waals surface area contributed by atoms with Crippen LogP contribution in [0.3, 0.4) is 0 Å². The Bertz CT molecular complexity index is 1090. The lowest BCUT2D eigenvalue weighted by Gasteiger charge is -2.22. The average Bonchev–Trinajstić information content (AvgIpc) is 2.84. The Morgan fingerprint density at radius 3 is 2.33 bits per heavy atom. The van der Waals surface area contributed by atoms with Gasteiger partial charge < -0.3 is 10.6 Å². The second-order valence-electron chi connectivity index (χ2n) is 6.52. The van der Waals surface area contributed by atoms with Crippen molar-refractivity contribution in [3.63, 3.8) is 0 Å². The van der Waals surface area contributed by atoms with Crippen LogP contribution in [0.5, 0.6) is 0 Å². The Hall–Kier alpha value is -3.05. The maximum Gasteiger partial charge on any atom is 0.249 e. The van der Waals surface area contributed by atoms with Crippen molar-refractivity contribution < 1.29 is 9.18 Å². The highest BCUT2D eigenvalue weighted by Crippen LogP contribution is 2.54. The second-order valence-corrected chi connectivity index (χ2v) is 7.81. The van der Waals surface area contributed by atoms with Gasteiger partial charge in [-0.2, -0.15) is 0 Å². The van der Waals surface area contributed by atoms with Crippen LogP contribution in [0.15, 0.2) is 83.8 Å². The minimum Gasteiger partial charge on any atom is -0.354 e. The van der Waals surface area contributed by atoms with E-state index in [0.29, 0.717) is 0 Å². The fourth-order valence-corrected chi connectivity index (χ4v) is 4.86. The molecule has 3 aromatic carbocycles. The first kappa shape index (κ1) is 16.1. The molecule has 132 valence electrons. The van der Waals surface area contributed by atoms with E-state index in [4.69, 9.17) is 0 Å². The summed E-state index contributed by atoms with van der Waals surface area (Å²) in [7, 11) is 0. The zero-order valence-corrected chi connectivity index (χ0v) is 15.0. The first-order chi connectivity index (χ1) is 13.2. The van der Waals surface area contributed by atoms with Crippen molar-refractivity contribution in [2.24, 2.45) is 0 Å². The molecule has 0 aliphatic carbocycles. The Morgan fingerprint density at radius 1 is 0.815 bits per heavy atom. The summed E-state index contributed by atoms with van der Waals surface area (Å²) >= 11 is 1.52. The predicted octanol–water partition coefficient (Wildman–Crippen LogP) is 5.23. The minimum atomic E-state index is -0.889. The van der Waals surface area contributed by atoms with E-state index >= 15 is 0 Å². The number of hydrogen-bond donors (Lipinski definition) is 2. The van der Waals surface area contributed by atoms with Crippen LogP contribution >= 0.6 is 11.8 Å². The third-order valence-corrected chi connectivity index (χ3v) is 6.26. The second kappa shape index (κ2) is 5.99. The zero-order chi connectivity index (χ0) is 18.4. The largest absolute Gasteiger partial charge is 0.354 e. The first-order valence-corrected chi connectivity index (χ1v) is 9.42. The van der Waals surface area contributed by atoms with Gasteiger partial charge in [0.15, 0.2) is 0 Å². The van der Waals surface area contributed by atoms with Gasteiger partial charge in [-0.3, -0.25) is 4.79 Å². The lowest BCUT2D eigenvalue weighted by Crippen LogP contribution is -2.29. The summed E-state index contributed by atoms with van der Waals surface area (Å²) in [6, 6.07) is 21.9. The summed E-state index contributed by atoms with van der Waals surface area (Å²) < 4.78 is 12.5. The van der Waals surface area contributed by atoms with Gasteiger partial charge in [-0.15, -0.1) is 0 Å². The minimum absolute atomic E-state index is 0.0770. The first-order valence-electron chi connectivity index (χ1n) is 8.60. The summed E-state index contributed by atoms with van der Waals surface area (Å²) in [6.07, 6.45) is 1.95. The molecule has 2 aliphatic heterocycles. The molecule has 1 atom stereocenters. The van der Waals surface area contributed by atoms with Crippen molar-refractivity contribution in [3.05, 3.63) is 95.8 Å². The molecule has 0 saturated heterocycles.